The van der Waals surface area contributed by atoms with E-state index in [9.17, 15) is 14.9 Å². The van der Waals surface area contributed by atoms with Crippen molar-refractivity contribution in [3.8, 4) is 17.5 Å². The second-order valence-corrected chi connectivity index (χ2v) is 6.49. The first-order chi connectivity index (χ1) is 14.4. The molecule has 0 aliphatic heterocycles. The molecule has 150 valence electrons. The predicted molar refractivity (Wildman–Crippen MR) is 112 cm³/mol. The van der Waals surface area contributed by atoms with Crippen LogP contribution in [0.15, 0.2) is 58.4 Å². The number of nitrogens with zero attached hydrogens (tertiary/aromatic N) is 4. The zero-order valence-corrected chi connectivity index (χ0v) is 16.7. The van der Waals surface area contributed by atoms with Gasteiger partial charge >= 0.3 is 0 Å². The van der Waals surface area contributed by atoms with Crippen molar-refractivity contribution in [3.63, 3.8) is 0 Å². The maximum atomic E-state index is 12.7. The first kappa shape index (κ1) is 20.5. The number of benzene rings is 2. The van der Waals surface area contributed by atoms with Crippen LogP contribution in [0.2, 0.25) is 0 Å². The Hall–Kier alpha value is -4.25. The number of carbonyl (C=O) groups is 1. The van der Waals surface area contributed by atoms with E-state index in [1.54, 1.807) is 24.3 Å². The molecule has 1 amide bonds. The van der Waals surface area contributed by atoms with Crippen molar-refractivity contribution in [2.75, 3.05) is 7.11 Å². The number of nitrogens with one attached hydrogen (secondary N) is 1. The number of methoxy groups -OCH3 is 1. The monoisotopic (exact) mass is 401 g/mol. The number of amides is 1. The van der Waals surface area contributed by atoms with Gasteiger partial charge in [-0.05, 0) is 43.7 Å². The molecule has 0 radical (unpaired) electrons. The van der Waals surface area contributed by atoms with Gasteiger partial charge in [0.25, 0.3) is 11.5 Å². The van der Waals surface area contributed by atoms with Crippen molar-refractivity contribution in [2.45, 2.75) is 13.8 Å². The zero-order chi connectivity index (χ0) is 21.7. The van der Waals surface area contributed by atoms with Gasteiger partial charge in [0.1, 0.15) is 17.4 Å². The first-order valence-corrected chi connectivity index (χ1v) is 9.03. The number of rotatable bonds is 5. The third-order valence-electron chi connectivity index (χ3n) is 4.44. The van der Waals surface area contributed by atoms with E-state index >= 15 is 0 Å². The molecule has 0 unspecified atom stereocenters. The van der Waals surface area contributed by atoms with Crippen molar-refractivity contribution in [3.05, 3.63) is 86.8 Å². The molecule has 0 aliphatic carbocycles. The van der Waals surface area contributed by atoms with E-state index in [1.165, 1.54) is 20.2 Å². The molecule has 0 bridgehead atoms. The average molecular weight is 401 g/mol. The van der Waals surface area contributed by atoms with Crippen molar-refractivity contribution >= 4 is 12.1 Å². The van der Waals surface area contributed by atoms with Gasteiger partial charge in [-0.3, -0.25) is 9.59 Å². The Morgan fingerprint density at radius 3 is 2.43 bits per heavy atom. The summed E-state index contributed by atoms with van der Waals surface area (Å²) in [6.07, 6.45) is 1.50. The lowest BCUT2D eigenvalue weighted by Gasteiger charge is -2.11. The van der Waals surface area contributed by atoms with Crippen LogP contribution in [0.5, 0.6) is 5.75 Å². The Morgan fingerprint density at radius 2 is 1.83 bits per heavy atom. The van der Waals surface area contributed by atoms with Gasteiger partial charge in [-0.25, -0.2) is 5.43 Å². The Labute approximate surface area is 173 Å². The van der Waals surface area contributed by atoms with Gasteiger partial charge in [0.05, 0.1) is 19.0 Å². The zero-order valence-electron chi connectivity index (χ0n) is 16.7. The van der Waals surface area contributed by atoms with E-state index in [0.717, 1.165) is 15.8 Å². The minimum atomic E-state index is -0.630. The van der Waals surface area contributed by atoms with Crippen LogP contribution in [0.4, 0.5) is 0 Å². The Kier molecular flexibility index (Phi) is 6.03. The molecule has 0 spiro atoms. The summed E-state index contributed by atoms with van der Waals surface area (Å²) >= 11 is 0. The molecule has 0 saturated carbocycles. The number of hydrogen-bond acceptors (Lipinski definition) is 6. The Balaban J connectivity index is 1.95. The minimum absolute atomic E-state index is 0.0666. The number of aryl methyl sites for hydroxylation is 1. The molecule has 1 aromatic heterocycles. The molecular formula is C22H19N5O3. The molecule has 0 fully saturated rings. The molecule has 3 aromatic rings. The van der Waals surface area contributed by atoms with Gasteiger partial charge in [0.15, 0.2) is 5.69 Å². The molecular weight excluding hydrogens is 382 g/mol. The van der Waals surface area contributed by atoms with Gasteiger partial charge in [-0.2, -0.15) is 20.1 Å². The summed E-state index contributed by atoms with van der Waals surface area (Å²) in [7, 11) is 1.53. The number of carbonyl (C=O) groups excluding carboxylic acids is 1. The quantitative estimate of drug-likeness (QED) is 0.522. The molecule has 1 N–H and O–H groups in total. The molecule has 1 heterocycles. The SMILES string of the molecule is COc1ccc(-n2nc(C(=O)N/N=C/c3ccc(C)cc3)c(C)c(C#N)c2=O)cc1. The molecule has 3 rings (SSSR count). The highest BCUT2D eigenvalue weighted by atomic mass is 16.5. The van der Waals surface area contributed by atoms with E-state index in [-0.39, 0.29) is 16.8 Å². The molecule has 8 heteroatoms. The first-order valence-electron chi connectivity index (χ1n) is 9.03. The smallest absolute Gasteiger partial charge is 0.292 e. The van der Waals surface area contributed by atoms with Crippen LogP contribution in [0, 0.1) is 25.2 Å². The molecule has 30 heavy (non-hydrogen) atoms. The number of hydrazone groups is 1. The highest BCUT2D eigenvalue weighted by molar-refractivity contribution is 5.94. The van der Waals surface area contributed by atoms with Crippen molar-refractivity contribution < 1.29 is 9.53 Å². The van der Waals surface area contributed by atoms with Gasteiger partial charge in [-0.1, -0.05) is 29.8 Å². The van der Waals surface area contributed by atoms with Crippen molar-refractivity contribution in [2.24, 2.45) is 5.10 Å². The average Bonchev–Trinajstić information content (AvgIpc) is 2.75. The standard InChI is InChI=1S/C22H19N5O3/c1-14-4-6-16(7-5-14)13-24-25-21(28)20-15(2)19(12-23)22(29)27(26-20)17-8-10-18(30-3)11-9-17/h4-11,13H,1-3H3,(H,25,28)/b24-13+. The minimum Gasteiger partial charge on any atom is -0.497 e. The molecule has 0 saturated heterocycles. The summed E-state index contributed by atoms with van der Waals surface area (Å²) in [5, 5.41) is 17.5. The largest absolute Gasteiger partial charge is 0.497 e. The lowest BCUT2D eigenvalue weighted by atomic mass is 10.1. The number of nitriles is 1. The third kappa shape index (κ3) is 4.25. The molecule has 0 atom stereocenters. The molecule has 2 aromatic carbocycles. The van der Waals surface area contributed by atoms with E-state index in [2.05, 4.69) is 15.6 Å². The number of hydrogen-bond donors (Lipinski definition) is 1. The normalized spacial score (nSPS) is 10.6. The molecule has 0 aliphatic rings. The summed E-state index contributed by atoms with van der Waals surface area (Å²) < 4.78 is 6.13. The van der Waals surface area contributed by atoms with E-state index in [4.69, 9.17) is 4.74 Å². The topological polar surface area (TPSA) is 109 Å². The molecule has 8 nitrogen and oxygen atoms in total. The van der Waals surface area contributed by atoms with Crippen molar-refractivity contribution in [1.29, 1.82) is 5.26 Å². The van der Waals surface area contributed by atoms with Crippen LogP contribution < -0.4 is 15.7 Å². The van der Waals surface area contributed by atoms with Crippen LogP contribution in [-0.4, -0.2) is 29.0 Å². The fourth-order valence-corrected chi connectivity index (χ4v) is 2.72. The Bertz CT molecular complexity index is 1200. The van der Waals surface area contributed by atoms with Gasteiger partial charge in [0.2, 0.25) is 0 Å². The number of ether oxygens (including phenoxy) is 1. The van der Waals surface area contributed by atoms with Crippen LogP contribution in [0.25, 0.3) is 5.69 Å². The highest BCUT2D eigenvalue weighted by Crippen LogP contribution is 2.15. The third-order valence-corrected chi connectivity index (χ3v) is 4.44. The fourth-order valence-electron chi connectivity index (χ4n) is 2.72. The maximum Gasteiger partial charge on any atom is 0.292 e. The van der Waals surface area contributed by atoms with Crippen LogP contribution >= 0.6 is 0 Å². The van der Waals surface area contributed by atoms with Gasteiger partial charge in [-0.15, -0.1) is 0 Å². The maximum absolute atomic E-state index is 12.7. The summed E-state index contributed by atoms with van der Waals surface area (Å²) in [5.41, 5.74) is 4.07. The predicted octanol–water partition coefficient (Wildman–Crippen LogP) is 2.49. The van der Waals surface area contributed by atoms with Crippen LogP contribution in [0.3, 0.4) is 0 Å². The van der Waals surface area contributed by atoms with E-state index in [1.807, 2.05) is 37.3 Å². The lowest BCUT2D eigenvalue weighted by molar-refractivity contribution is 0.0947. The summed E-state index contributed by atoms with van der Waals surface area (Å²) in [5.74, 6) is -0.0301. The second kappa shape index (κ2) is 8.84. The van der Waals surface area contributed by atoms with Crippen LogP contribution in [-0.2, 0) is 0 Å². The van der Waals surface area contributed by atoms with Crippen molar-refractivity contribution in [1.82, 2.24) is 15.2 Å². The lowest BCUT2D eigenvalue weighted by Crippen LogP contribution is -2.31. The summed E-state index contributed by atoms with van der Waals surface area (Å²) in [4.78, 5) is 25.3. The van der Waals surface area contributed by atoms with Crippen LogP contribution in [0.1, 0.15) is 32.7 Å². The van der Waals surface area contributed by atoms with E-state index in [0.29, 0.717) is 11.4 Å². The highest BCUT2D eigenvalue weighted by Gasteiger charge is 2.20. The summed E-state index contributed by atoms with van der Waals surface area (Å²) in [6, 6.07) is 16.0. The second-order valence-electron chi connectivity index (χ2n) is 6.49. The fraction of sp³-hybridized carbons (Fsp3) is 0.136. The Morgan fingerprint density at radius 1 is 1.17 bits per heavy atom. The summed E-state index contributed by atoms with van der Waals surface area (Å²) in [6.45, 7) is 3.48. The van der Waals surface area contributed by atoms with Gasteiger partial charge < -0.3 is 4.74 Å². The van der Waals surface area contributed by atoms with E-state index < -0.39 is 11.5 Å². The van der Waals surface area contributed by atoms with Gasteiger partial charge in [0, 0.05) is 5.56 Å². The number of aromatic nitrogens is 2.